The molecular weight excluding hydrogens is 180 g/mol. The molecule has 1 amide bonds. The molecule has 0 aliphatic heterocycles. The molecule has 0 spiro atoms. The summed E-state index contributed by atoms with van der Waals surface area (Å²) in [4.78, 5) is 11.3. The fourth-order valence-corrected chi connectivity index (χ4v) is 1.79. The number of amides is 1. The van der Waals surface area contributed by atoms with Crippen LogP contribution >= 0.6 is 0 Å². The van der Waals surface area contributed by atoms with Crippen LogP contribution in [0.4, 0.5) is 4.79 Å². The van der Waals surface area contributed by atoms with E-state index in [1.807, 2.05) is 0 Å². The first-order valence-corrected chi connectivity index (χ1v) is 5.47. The standard InChI is InChI=1S/C10H18N2O2/c11-7-1-5-9(6-2-7)14-10(13)12-8-3-4-8/h7-9H,1-6,11H2,(H,12,13). The summed E-state index contributed by atoms with van der Waals surface area (Å²) < 4.78 is 5.28. The summed E-state index contributed by atoms with van der Waals surface area (Å²) in [6.45, 7) is 0. The van der Waals surface area contributed by atoms with Gasteiger partial charge in [0.15, 0.2) is 0 Å². The molecule has 0 radical (unpaired) electrons. The molecule has 0 aromatic carbocycles. The molecule has 2 fully saturated rings. The Morgan fingerprint density at radius 3 is 2.36 bits per heavy atom. The van der Waals surface area contributed by atoms with E-state index < -0.39 is 0 Å². The van der Waals surface area contributed by atoms with E-state index in [4.69, 9.17) is 10.5 Å². The minimum atomic E-state index is -0.243. The molecule has 0 bridgehead atoms. The number of hydrogen-bond donors (Lipinski definition) is 2. The summed E-state index contributed by atoms with van der Waals surface area (Å²) in [6.07, 6.45) is 5.83. The third-order valence-electron chi connectivity index (χ3n) is 2.89. The predicted octanol–water partition coefficient (Wildman–Crippen LogP) is 1.14. The smallest absolute Gasteiger partial charge is 0.407 e. The second-order valence-corrected chi connectivity index (χ2v) is 4.36. The SMILES string of the molecule is NC1CCC(OC(=O)NC2CC2)CC1. The van der Waals surface area contributed by atoms with Gasteiger partial charge in [-0.1, -0.05) is 0 Å². The molecule has 3 N–H and O–H groups in total. The van der Waals surface area contributed by atoms with Crippen molar-refractivity contribution in [1.29, 1.82) is 0 Å². The van der Waals surface area contributed by atoms with Crippen LogP contribution in [0, 0.1) is 0 Å². The number of alkyl carbamates (subject to hydrolysis) is 1. The van der Waals surface area contributed by atoms with Crippen LogP contribution in [0.2, 0.25) is 0 Å². The Kier molecular flexibility index (Phi) is 2.91. The van der Waals surface area contributed by atoms with Crippen molar-refractivity contribution in [2.75, 3.05) is 0 Å². The quantitative estimate of drug-likeness (QED) is 0.699. The van der Waals surface area contributed by atoms with Crippen LogP contribution in [0.1, 0.15) is 38.5 Å². The van der Waals surface area contributed by atoms with Gasteiger partial charge in [0.05, 0.1) is 0 Å². The average molecular weight is 198 g/mol. The molecule has 2 aliphatic rings. The maximum atomic E-state index is 11.3. The lowest BCUT2D eigenvalue weighted by Crippen LogP contribution is -2.35. The molecule has 2 saturated carbocycles. The Balaban J connectivity index is 1.66. The van der Waals surface area contributed by atoms with E-state index in [9.17, 15) is 4.79 Å². The van der Waals surface area contributed by atoms with Gasteiger partial charge in [0, 0.05) is 12.1 Å². The van der Waals surface area contributed by atoms with Gasteiger partial charge in [0.25, 0.3) is 0 Å². The van der Waals surface area contributed by atoms with Gasteiger partial charge in [0.1, 0.15) is 6.10 Å². The van der Waals surface area contributed by atoms with Crippen LogP contribution in [-0.4, -0.2) is 24.3 Å². The van der Waals surface area contributed by atoms with Crippen molar-refractivity contribution in [2.45, 2.75) is 56.7 Å². The summed E-state index contributed by atoms with van der Waals surface area (Å²) in [6, 6.07) is 0.690. The highest BCUT2D eigenvalue weighted by Crippen LogP contribution is 2.22. The molecule has 0 saturated heterocycles. The van der Waals surface area contributed by atoms with Crippen LogP contribution < -0.4 is 11.1 Å². The van der Waals surface area contributed by atoms with Gasteiger partial charge in [-0.3, -0.25) is 0 Å². The molecule has 2 rings (SSSR count). The Bertz CT molecular complexity index is 208. The van der Waals surface area contributed by atoms with Crippen molar-refractivity contribution in [2.24, 2.45) is 5.73 Å². The van der Waals surface area contributed by atoms with Gasteiger partial charge in [-0.15, -0.1) is 0 Å². The van der Waals surface area contributed by atoms with Crippen molar-refractivity contribution < 1.29 is 9.53 Å². The summed E-state index contributed by atoms with van der Waals surface area (Å²) in [5.74, 6) is 0. The zero-order valence-electron chi connectivity index (χ0n) is 8.37. The second kappa shape index (κ2) is 4.17. The van der Waals surface area contributed by atoms with Gasteiger partial charge >= 0.3 is 6.09 Å². The molecule has 0 aromatic rings. The lowest BCUT2D eigenvalue weighted by Gasteiger charge is -2.25. The van der Waals surface area contributed by atoms with Crippen molar-refractivity contribution >= 4 is 6.09 Å². The van der Waals surface area contributed by atoms with E-state index in [2.05, 4.69) is 5.32 Å². The predicted molar refractivity (Wildman–Crippen MR) is 52.9 cm³/mol. The highest BCUT2D eigenvalue weighted by molar-refractivity contribution is 5.68. The molecular formula is C10H18N2O2. The Hall–Kier alpha value is -0.770. The number of hydrogen-bond acceptors (Lipinski definition) is 3. The maximum absolute atomic E-state index is 11.3. The Labute approximate surface area is 84.2 Å². The van der Waals surface area contributed by atoms with E-state index in [1.54, 1.807) is 0 Å². The van der Waals surface area contributed by atoms with Crippen molar-refractivity contribution in [3.63, 3.8) is 0 Å². The van der Waals surface area contributed by atoms with E-state index in [0.29, 0.717) is 12.1 Å². The van der Waals surface area contributed by atoms with Crippen LogP contribution in [-0.2, 0) is 4.74 Å². The fourth-order valence-electron chi connectivity index (χ4n) is 1.79. The van der Waals surface area contributed by atoms with E-state index in [0.717, 1.165) is 38.5 Å². The average Bonchev–Trinajstić information content (AvgIpc) is 2.93. The van der Waals surface area contributed by atoms with Crippen LogP contribution in [0.5, 0.6) is 0 Å². The Morgan fingerprint density at radius 2 is 1.79 bits per heavy atom. The molecule has 2 aliphatic carbocycles. The van der Waals surface area contributed by atoms with E-state index in [1.165, 1.54) is 0 Å². The minimum absolute atomic E-state index is 0.0912. The molecule has 0 atom stereocenters. The first-order chi connectivity index (χ1) is 6.74. The first-order valence-electron chi connectivity index (χ1n) is 5.47. The third-order valence-corrected chi connectivity index (χ3v) is 2.89. The molecule has 80 valence electrons. The number of carbonyl (C=O) groups is 1. The summed E-state index contributed by atoms with van der Waals surface area (Å²) in [5.41, 5.74) is 5.76. The number of nitrogens with one attached hydrogen (secondary N) is 1. The monoisotopic (exact) mass is 198 g/mol. The first kappa shape index (κ1) is 9.77. The minimum Gasteiger partial charge on any atom is -0.446 e. The highest BCUT2D eigenvalue weighted by atomic mass is 16.6. The zero-order valence-corrected chi connectivity index (χ0v) is 8.37. The number of ether oxygens (including phenoxy) is 1. The Morgan fingerprint density at radius 1 is 1.14 bits per heavy atom. The van der Waals surface area contributed by atoms with Gasteiger partial charge in [-0.25, -0.2) is 4.79 Å². The largest absolute Gasteiger partial charge is 0.446 e. The fraction of sp³-hybridized carbons (Fsp3) is 0.900. The second-order valence-electron chi connectivity index (χ2n) is 4.36. The number of carbonyl (C=O) groups excluding carboxylic acids is 1. The van der Waals surface area contributed by atoms with Gasteiger partial charge in [-0.2, -0.15) is 0 Å². The normalized spacial score (nSPS) is 32.4. The number of rotatable bonds is 2. The highest BCUT2D eigenvalue weighted by Gasteiger charge is 2.26. The van der Waals surface area contributed by atoms with Crippen molar-refractivity contribution in [1.82, 2.24) is 5.32 Å². The van der Waals surface area contributed by atoms with Crippen LogP contribution in [0.3, 0.4) is 0 Å². The van der Waals surface area contributed by atoms with E-state index in [-0.39, 0.29) is 12.2 Å². The van der Waals surface area contributed by atoms with Gasteiger partial charge in [-0.05, 0) is 38.5 Å². The summed E-state index contributed by atoms with van der Waals surface area (Å²) in [7, 11) is 0. The molecule has 14 heavy (non-hydrogen) atoms. The van der Waals surface area contributed by atoms with Gasteiger partial charge in [0.2, 0.25) is 0 Å². The van der Waals surface area contributed by atoms with E-state index >= 15 is 0 Å². The molecule has 4 heteroatoms. The maximum Gasteiger partial charge on any atom is 0.407 e. The third kappa shape index (κ3) is 2.87. The zero-order chi connectivity index (χ0) is 9.97. The summed E-state index contributed by atoms with van der Waals surface area (Å²) >= 11 is 0. The lowest BCUT2D eigenvalue weighted by molar-refractivity contribution is 0.0715. The van der Waals surface area contributed by atoms with Crippen LogP contribution in [0.25, 0.3) is 0 Å². The van der Waals surface area contributed by atoms with Crippen molar-refractivity contribution in [3.8, 4) is 0 Å². The van der Waals surface area contributed by atoms with Gasteiger partial charge < -0.3 is 15.8 Å². The lowest BCUT2D eigenvalue weighted by atomic mass is 9.94. The molecule has 0 aromatic heterocycles. The summed E-state index contributed by atoms with van der Waals surface area (Å²) in [5, 5.41) is 2.82. The topological polar surface area (TPSA) is 64.3 Å². The number of nitrogens with two attached hydrogens (primary N) is 1. The van der Waals surface area contributed by atoms with Crippen molar-refractivity contribution in [3.05, 3.63) is 0 Å². The molecule has 0 unspecified atom stereocenters. The van der Waals surface area contributed by atoms with Crippen LogP contribution in [0.15, 0.2) is 0 Å². The molecule has 0 heterocycles. The molecule has 4 nitrogen and oxygen atoms in total.